The topological polar surface area (TPSA) is 75.9 Å². The van der Waals surface area contributed by atoms with E-state index in [-0.39, 0.29) is 17.2 Å². The van der Waals surface area contributed by atoms with Crippen molar-refractivity contribution in [3.8, 4) is 0 Å². The summed E-state index contributed by atoms with van der Waals surface area (Å²) < 4.78 is 4.70. The monoisotopic (exact) mass is 271 g/mol. The van der Waals surface area contributed by atoms with E-state index in [1.807, 2.05) is 0 Å². The Kier molecular flexibility index (Phi) is 4.18. The van der Waals surface area contributed by atoms with Gasteiger partial charge in [0.05, 0.1) is 12.8 Å². The number of nitrogens with two attached hydrogens (primary N) is 1. The van der Waals surface area contributed by atoms with Gasteiger partial charge in [0.15, 0.2) is 0 Å². The molecular formula is C11H17N3O3S. The molecule has 6 nitrogen and oxygen atoms in total. The molecule has 0 aromatic carbocycles. The Labute approximate surface area is 110 Å². The molecule has 0 saturated carbocycles. The van der Waals surface area contributed by atoms with Gasteiger partial charge in [-0.2, -0.15) is 0 Å². The molecule has 0 fully saturated rings. The molecule has 0 atom stereocenters. The van der Waals surface area contributed by atoms with Gasteiger partial charge >= 0.3 is 5.97 Å². The van der Waals surface area contributed by atoms with E-state index in [1.165, 1.54) is 23.3 Å². The van der Waals surface area contributed by atoms with Crippen LogP contribution in [-0.4, -0.2) is 52.1 Å². The normalized spacial score (nSPS) is 10.1. The summed E-state index contributed by atoms with van der Waals surface area (Å²) in [6, 6.07) is 0. The van der Waals surface area contributed by atoms with Gasteiger partial charge in [0.2, 0.25) is 0 Å². The fraction of sp³-hybridized carbons (Fsp3) is 0.455. The fourth-order valence-corrected chi connectivity index (χ4v) is 2.56. The van der Waals surface area contributed by atoms with E-state index < -0.39 is 5.97 Å². The number of anilines is 2. The van der Waals surface area contributed by atoms with Crippen LogP contribution in [0.1, 0.15) is 20.0 Å². The lowest BCUT2D eigenvalue weighted by atomic mass is 10.2. The largest absolute Gasteiger partial charge is 0.465 e. The summed E-state index contributed by atoms with van der Waals surface area (Å²) in [5.41, 5.74) is 6.32. The van der Waals surface area contributed by atoms with Crippen LogP contribution in [0.5, 0.6) is 0 Å². The summed E-state index contributed by atoms with van der Waals surface area (Å²) in [7, 11) is 8.11. The van der Waals surface area contributed by atoms with E-state index in [0.29, 0.717) is 9.88 Å². The van der Waals surface area contributed by atoms with Gasteiger partial charge in [-0.15, -0.1) is 11.3 Å². The van der Waals surface area contributed by atoms with Crippen molar-refractivity contribution in [2.45, 2.75) is 0 Å². The van der Waals surface area contributed by atoms with Crippen LogP contribution >= 0.6 is 11.3 Å². The molecule has 7 heteroatoms. The van der Waals surface area contributed by atoms with Crippen molar-refractivity contribution in [3.05, 3.63) is 10.4 Å². The summed E-state index contributed by atoms with van der Waals surface area (Å²) in [5, 5.41) is 0.615. The van der Waals surface area contributed by atoms with Crippen molar-refractivity contribution in [1.82, 2.24) is 4.90 Å². The number of nitrogen functional groups attached to an aromatic ring is 1. The molecular weight excluding hydrogens is 254 g/mol. The summed E-state index contributed by atoms with van der Waals surface area (Å²) in [6.07, 6.45) is 0. The summed E-state index contributed by atoms with van der Waals surface area (Å²) >= 11 is 1.18. The van der Waals surface area contributed by atoms with Crippen LogP contribution in [0, 0.1) is 0 Å². The number of carbonyl (C=O) groups excluding carboxylic acids is 2. The molecule has 0 spiro atoms. The van der Waals surface area contributed by atoms with E-state index in [1.54, 1.807) is 33.1 Å². The number of methoxy groups -OCH3 is 1. The van der Waals surface area contributed by atoms with Gasteiger partial charge in [-0.1, -0.05) is 0 Å². The zero-order valence-electron chi connectivity index (χ0n) is 11.1. The number of amides is 1. The minimum atomic E-state index is -0.537. The maximum absolute atomic E-state index is 12.0. The molecule has 1 heterocycles. The van der Waals surface area contributed by atoms with Crippen LogP contribution in [0.15, 0.2) is 0 Å². The molecule has 0 aliphatic rings. The lowest BCUT2D eigenvalue weighted by molar-refractivity contribution is 0.0603. The number of nitrogens with zero attached hydrogens (tertiary/aromatic N) is 2. The Morgan fingerprint density at radius 1 is 1.22 bits per heavy atom. The smallest absolute Gasteiger partial charge is 0.343 e. The molecule has 1 aromatic rings. The highest BCUT2D eigenvalue weighted by Crippen LogP contribution is 2.38. The minimum absolute atomic E-state index is 0.175. The van der Waals surface area contributed by atoms with E-state index in [0.717, 1.165) is 0 Å². The highest BCUT2D eigenvalue weighted by Gasteiger charge is 2.27. The summed E-state index contributed by atoms with van der Waals surface area (Å²) in [5.74, 6) is -0.763. The third-order valence-corrected chi connectivity index (χ3v) is 3.68. The Hall–Kier alpha value is -1.76. The van der Waals surface area contributed by atoms with Crippen LogP contribution in [0.2, 0.25) is 0 Å². The molecule has 0 aliphatic carbocycles. The number of ether oxygens (including phenoxy) is 1. The van der Waals surface area contributed by atoms with Gasteiger partial charge in [-0.05, 0) is 0 Å². The van der Waals surface area contributed by atoms with Crippen molar-refractivity contribution in [3.63, 3.8) is 0 Å². The standard InChI is InChI=1S/C11H17N3O3S/c1-13(2)9(15)8-7(12)6(11(16)17-5)10(18-8)14(3)4/h12H2,1-5H3. The van der Waals surface area contributed by atoms with Gasteiger partial charge in [0, 0.05) is 28.2 Å². The highest BCUT2D eigenvalue weighted by atomic mass is 32.1. The second kappa shape index (κ2) is 5.26. The van der Waals surface area contributed by atoms with Crippen LogP contribution < -0.4 is 10.6 Å². The van der Waals surface area contributed by atoms with E-state index in [4.69, 9.17) is 10.5 Å². The Morgan fingerprint density at radius 2 is 1.78 bits per heavy atom. The Bertz CT molecular complexity index is 480. The first kappa shape index (κ1) is 14.3. The summed E-state index contributed by atoms with van der Waals surface area (Å²) in [6.45, 7) is 0. The lowest BCUT2D eigenvalue weighted by Gasteiger charge is -2.11. The van der Waals surface area contributed by atoms with Crippen molar-refractivity contribution in [2.24, 2.45) is 0 Å². The predicted octanol–water partition coefficient (Wildman–Crippen LogP) is 0.885. The van der Waals surface area contributed by atoms with Gasteiger partial charge in [0.1, 0.15) is 15.4 Å². The lowest BCUT2D eigenvalue weighted by Crippen LogP contribution is -2.21. The third kappa shape index (κ3) is 2.40. The number of esters is 1. The first-order chi connectivity index (χ1) is 8.31. The molecule has 2 N–H and O–H groups in total. The maximum atomic E-state index is 12.0. The van der Waals surface area contributed by atoms with Gasteiger partial charge in [-0.25, -0.2) is 4.79 Å². The molecule has 0 radical (unpaired) electrons. The SMILES string of the molecule is COC(=O)c1c(N(C)C)sc(C(=O)N(C)C)c1N. The van der Waals surface area contributed by atoms with Crippen molar-refractivity contribution >= 4 is 33.9 Å². The number of thiophene rings is 1. The molecule has 100 valence electrons. The quantitative estimate of drug-likeness (QED) is 0.826. The Balaban J connectivity index is 3.42. The second-order valence-electron chi connectivity index (χ2n) is 4.11. The average Bonchev–Trinajstić information content (AvgIpc) is 2.65. The third-order valence-electron chi connectivity index (χ3n) is 2.32. The second-order valence-corrected chi connectivity index (χ2v) is 5.11. The predicted molar refractivity (Wildman–Crippen MR) is 72.4 cm³/mol. The van der Waals surface area contributed by atoms with Gasteiger partial charge in [0.25, 0.3) is 5.91 Å². The van der Waals surface area contributed by atoms with Crippen LogP contribution in [0.3, 0.4) is 0 Å². The van der Waals surface area contributed by atoms with Crippen molar-refractivity contribution in [1.29, 1.82) is 0 Å². The zero-order chi connectivity index (χ0) is 14.0. The van der Waals surface area contributed by atoms with Crippen molar-refractivity contribution in [2.75, 3.05) is 45.9 Å². The van der Waals surface area contributed by atoms with E-state index in [2.05, 4.69) is 0 Å². The van der Waals surface area contributed by atoms with Crippen LogP contribution in [-0.2, 0) is 4.74 Å². The van der Waals surface area contributed by atoms with E-state index in [9.17, 15) is 9.59 Å². The highest BCUT2D eigenvalue weighted by molar-refractivity contribution is 7.19. The number of rotatable bonds is 3. The van der Waals surface area contributed by atoms with E-state index >= 15 is 0 Å². The number of hydrogen-bond donors (Lipinski definition) is 1. The zero-order valence-corrected chi connectivity index (χ0v) is 11.9. The van der Waals surface area contributed by atoms with Crippen LogP contribution in [0.4, 0.5) is 10.7 Å². The first-order valence-corrected chi connectivity index (χ1v) is 6.02. The molecule has 1 rings (SSSR count). The molecule has 0 bridgehead atoms. The Morgan fingerprint density at radius 3 is 2.17 bits per heavy atom. The summed E-state index contributed by atoms with van der Waals surface area (Å²) in [4.78, 5) is 27.2. The average molecular weight is 271 g/mol. The number of hydrogen-bond acceptors (Lipinski definition) is 6. The first-order valence-electron chi connectivity index (χ1n) is 5.20. The molecule has 1 aromatic heterocycles. The van der Waals surface area contributed by atoms with Gasteiger partial charge in [-0.3, -0.25) is 4.79 Å². The molecule has 0 saturated heterocycles. The fourth-order valence-electron chi connectivity index (χ4n) is 1.41. The molecule has 0 unspecified atom stereocenters. The molecule has 0 aliphatic heterocycles. The molecule has 1 amide bonds. The van der Waals surface area contributed by atoms with Crippen LogP contribution in [0.25, 0.3) is 0 Å². The number of carbonyl (C=O) groups is 2. The minimum Gasteiger partial charge on any atom is -0.465 e. The van der Waals surface area contributed by atoms with Gasteiger partial charge < -0.3 is 20.3 Å². The maximum Gasteiger partial charge on any atom is 0.343 e. The molecule has 18 heavy (non-hydrogen) atoms. The van der Waals surface area contributed by atoms with Crippen molar-refractivity contribution < 1.29 is 14.3 Å².